The Morgan fingerprint density at radius 1 is 1.14 bits per heavy atom. The SMILES string of the molecule is CNCc1cccc(CN2CCCC(C(C)(C)C)CC2)c1. The lowest BCUT2D eigenvalue weighted by Crippen LogP contribution is -2.26. The number of hydrogen-bond donors (Lipinski definition) is 1. The van der Waals surface area contributed by atoms with Crippen molar-refractivity contribution in [3.8, 4) is 0 Å². The second-order valence-corrected chi connectivity index (χ2v) is 7.62. The predicted octanol–water partition coefficient (Wildman–Crippen LogP) is 4.05. The average Bonchev–Trinajstić information content (AvgIpc) is 2.65. The van der Waals surface area contributed by atoms with E-state index in [9.17, 15) is 0 Å². The van der Waals surface area contributed by atoms with E-state index in [0.717, 1.165) is 19.0 Å². The van der Waals surface area contributed by atoms with Gasteiger partial charge in [-0.25, -0.2) is 0 Å². The van der Waals surface area contributed by atoms with Crippen LogP contribution in [0.4, 0.5) is 0 Å². The molecular weight excluding hydrogens is 256 g/mol. The van der Waals surface area contributed by atoms with Gasteiger partial charge in [-0.2, -0.15) is 0 Å². The summed E-state index contributed by atoms with van der Waals surface area (Å²) < 4.78 is 0. The van der Waals surface area contributed by atoms with Crippen molar-refractivity contribution in [1.82, 2.24) is 10.2 Å². The summed E-state index contributed by atoms with van der Waals surface area (Å²) in [6, 6.07) is 9.02. The van der Waals surface area contributed by atoms with E-state index in [4.69, 9.17) is 0 Å². The standard InChI is InChI=1S/C19H32N2/c1-19(2,3)18-9-6-11-21(12-10-18)15-17-8-5-7-16(13-17)14-20-4/h5,7-8,13,18,20H,6,9-12,14-15H2,1-4H3. The zero-order valence-corrected chi connectivity index (χ0v) is 14.3. The quantitative estimate of drug-likeness (QED) is 0.899. The van der Waals surface area contributed by atoms with Gasteiger partial charge in [0.2, 0.25) is 0 Å². The van der Waals surface area contributed by atoms with E-state index in [1.54, 1.807) is 0 Å². The van der Waals surface area contributed by atoms with Gasteiger partial charge in [-0.1, -0.05) is 45.0 Å². The van der Waals surface area contributed by atoms with Crippen molar-refractivity contribution in [3.63, 3.8) is 0 Å². The van der Waals surface area contributed by atoms with Crippen molar-refractivity contribution in [2.75, 3.05) is 20.1 Å². The fraction of sp³-hybridized carbons (Fsp3) is 0.684. The Morgan fingerprint density at radius 3 is 2.62 bits per heavy atom. The molecule has 0 saturated carbocycles. The zero-order chi connectivity index (χ0) is 15.3. The fourth-order valence-electron chi connectivity index (χ4n) is 3.48. The number of benzene rings is 1. The molecule has 1 fully saturated rings. The van der Waals surface area contributed by atoms with Crippen LogP contribution in [0, 0.1) is 11.3 Å². The van der Waals surface area contributed by atoms with Gasteiger partial charge in [0, 0.05) is 13.1 Å². The Morgan fingerprint density at radius 2 is 1.90 bits per heavy atom. The maximum absolute atomic E-state index is 3.23. The summed E-state index contributed by atoms with van der Waals surface area (Å²) in [5.41, 5.74) is 3.30. The molecule has 118 valence electrons. The van der Waals surface area contributed by atoms with Crippen LogP contribution < -0.4 is 5.32 Å². The molecule has 21 heavy (non-hydrogen) atoms. The monoisotopic (exact) mass is 288 g/mol. The van der Waals surface area contributed by atoms with Gasteiger partial charge in [-0.15, -0.1) is 0 Å². The molecule has 0 aromatic heterocycles. The van der Waals surface area contributed by atoms with Gasteiger partial charge in [0.15, 0.2) is 0 Å². The lowest BCUT2D eigenvalue weighted by Gasteiger charge is -2.29. The third-order valence-corrected chi connectivity index (χ3v) is 4.82. The number of hydrogen-bond acceptors (Lipinski definition) is 2. The molecular formula is C19H32N2. The number of nitrogens with zero attached hydrogens (tertiary/aromatic N) is 1. The lowest BCUT2D eigenvalue weighted by molar-refractivity contribution is 0.206. The molecule has 0 bridgehead atoms. The Balaban J connectivity index is 1.93. The first kappa shape index (κ1) is 16.5. The van der Waals surface area contributed by atoms with Crippen LogP contribution in [0.3, 0.4) is 0 Å². The highest BCUT2D eigenvalue weighted by Gasteiger charge is 2.26. The van der Waals surface area contributed by atoms with E-state index < -0.39 is 0 Å². The largest absolute Gasteiger partial charge is 0.316 e. The van der Waals surface area contributed by atoms with Gasteiger partial charge in [0.1, 0.15) is 0 Å². The van der Waals surface area contributed by atoms with Crippen LogP contribution in [-0.2, 0) is 13.1 Å². The van der Waals surface area contributed by atoms with E-state index in [-0.39, 0.29) is 0 Å². The number of nitrogens with one attached hydrogen (secondary N) is 1. The smallest absolute Gasteiger partial charge is 0.0233 e. The topological polar surface area (TPSA) is 15.3 Å². The first-order valence-electron chi connectivity index (χ1n) is 8.44. The van der Waals surface area contributed by atoms with Crippen LogP contribution in [0.5, 0.6) is 0 Å². The molecule has 0 spiro atoms. The summed E-state index contributed by atoms with van der Waals surface area (Å²) >= 11 is 0. The Kier molecular flexibility index (Phi) is 5.83. The van der Waals surface area contributed by atoms with Crippen molar-refractivity contribution in [1.29, 1.82) is 0 Å². The highest BCUT2D eigenvalue weighted by atomic mass is 15.1. The van der Waals surface area contributed by atoms with E-state index in [2.05, 4.69) is 55.3 Å². The van der Waals surface area contributed by atoms with Crippen molar-refractivity contribution in [3.05, 3.63) is 35.4 Å². The molecule has 1 aromatic carbocycles. The van der Waals surface area contributed by atoms with Crippen molar-refractivity contribution < 1.29 is 0 Å². The summed E-state index contributed by atoms with van der Waals surface area (Å²) in [5, 5.41) is 3.23. The van der Waals surface area contributed by atoms with Crippen LogP contribution >= 0.6 is 0 Å². The molecule has 0 radical (unpaired) electrons. The van der Waals surface area contributed by atoms with Crippen molar-refractivity contribution >= 4 is 0 Å². The summed E-state index contributed by atoms with van der Waals surface area (Å²) in [7, 11) is 2.01. The second-order valence-electron chi connectivity index (χ2n) is 7.62. The number of likely N-dealkylation sites (tertiary alicyclic amines) is 1. The highest BCUT2D eigenvalue weighted by Crippen LogP contribution is 2.34. The molecule has 1 saturated heterocycles. The molecule has 1 N–H and O–H groups in total. The lowest BCUT2D eigenvalue weighted by atomic mass is 9.77. The van der Waals surface area contributed by atoms with E-state index in [1.165, 1.54) is 43.5 Å². The molecule has 0 amide bonds. The van der Waals surface area contributed by atoms with E-state index >= 15 is 0 Å². The minimum Gasteiger partial charge on any atom is -0.316 e. The van der Waals surface area contributed by atoms with E-state index in [0.29, 0.717) is 5.41 Å². The average molecular weight is 288 g/mol. The van der Waals surface area contributed by atoms with Crippen LogP contribution in [0.1, 0.15) is 51.2 Å². The first-order chi connectivity index (χ1) is 9.99. The summed E-state index contributed by atoms with van der Waals surface area (Å²) in [6.45, 7) is 11.8. The van der Waals surface area contributed by atoms with Crippen LogP contribution in [0.25, 0.3) is 0 Å². The summed E-state index contributed by atoms with van der Waals surface area (Å²) in [4.78, 5) is 2.64. The molecule has 1 aromatic rings. The maximum Gasteiger partial charge on any atom is 0.0233 e. The molecule has 2 heteroatoms. The first-order valence-corrected chi connectivity index (χ1v) is 8.44. The summed E-state index contributed by atoms with van der Waals surface area (Å²) in [6.07, 6.45) is 4.08. The zero-order valence-electron chi connectivity index (χ0n) is 14.3. The van der Waals surface area contributed by atoms with Crippen LogP contribution in [0.2, 0.25) is 0 Å². The Hall–Kier alpha value is -0.860. The van der Waals surface area contributed by atoms with Crippen molar-refractivity contribution in [2.45, 2.75) is 53.1 Å². The van der Waals surface area contributed by atoms with E-state index in [1.807, 2.05) is 7.05 Å². The van der Waals surface area contributed by atoms with Crippen LogP contribution in [0.15, 0.2) is 24.3 Å². The van der Waals surface area contributed by atoms with Gasteiger partial charge in [0.25, 0.3) is 0 Å². The maximum atomic E-state index is 3.23. The second kappa shape index (κ2) is 7.42. The highest BCUT2D eigenvalue weighted by molar-refractivity contribution is 5.23. The van der Waals surface area contributed by atoms with Gasteiger partial charge in [-0.05, 0) is 61.9 Å². The molecule has 1 heterocycles. The molecule has 1 unspecified atom stereocenters. The molecule has 2 rings (SSSR count). The normalized spacial score (nSPS) is 21.2. The van der Waals surface area contributed by atoms with Gasteiger partial charge < -0.3 is 5.32 Å². The molecule has 2 nitrogen and oxygen atoms in total. The molecule has 1 aliphatic rings. The third-order valence-electron chi connectivity index (χ3n) is 4.82. The van der Waals surface area contributed by atoms with Gasteiger partial charge in [-0.3, -0.25) is 4.90 Å². The minimum absolute atomic E-state index is 0.461. The Labute approximate surface area is 130 Å². The van der Waals surface area contributed by atoms with Crippen molar-refractivity contribution in [2.24, 2.45) is 11.3 Å². The molecule has 0 aliphatic carbocycles. The predicted molar refractivity (Wildman–Crippen MR) is 91.3 cm³/mol. The molecule has 1 aliphatic heterocycles. The Bertz CT molecular complexity index is 433. The third kappa shape index (κ3) is 5.12. The van der Waals surface area contributed by atoms with Gasteiger partial charge in [0.05, 0.1) is 0 Å². The van der Waals surface area contributed by atoms with Crippen LogP contribution in [-0.4, -0.2) is 25.0 Å². The fourth-order valence-corrected chi connectivity index (χ4v) is 3.48. The van der Waals surface area contributed by atoms with Gasteiger partial charge >= 0.3 is 0 Å². The molecule has 1 atom stereocenters. The minimum atomic E-state index is 0.461. The summed E-state index contributed by atoms with van der Waals surface area (Å²) in [5.74, 6) is 0.873. The number of rotatable bonds is 4.